The maximum absolute atomic E-state index is 14.4. The Morgan fingerprint density at radius 3 is 2.53 bits per heavy atom. The van der Waals surface area contributed by atoms with Crippen molar-refractivity contribution >= 4 is 45.8 Å². The van der Waals surface area contributed by atoms with Gasteiger partial charge in [-0.1, -0.05) is 26.8 Å². The van der Waals surface area contributed by atoms with Crippen molar-refractivity contribution in [2.45, 2.75) is 58.7 Å². The molecule has 3 amide bonds. The summed E-state index contributed by atoms with van der Waals surface area (Å²) in [5.74, 6) is -2.69. The second kappa shape index (κ2) is 12.9. The van der Waals surface area contributed by atoms with Crippen molar-refractivity contribution in [1.82, 2.24) is 25.5 Å². The lowest BCUT2D eigenvalue weighted by Gasteiger charge is -2.36. The zero-order valence-corrected chi connectivity index (χ0v) is 25.0. The van der Waals surface area contributed by atoms with Crippen LogP contribution in [0.25, 0.3) is 10.9 Å². The number of nitrogens with one attached hydrogen (secondary N) is 4. The van der Waals surface area contributed by atoms with Gasteiger partial charge >= 0.3 is 0 Å². The average molecular weight is 598 g/mol. The number of carbonyl (C=O) groups is 3. The van der Waals surface area contributed by atoms with Crippen LogP contribution in [0, 0.1) is 17.0 Å². The summed E-state index contributed by atoms with van der Waals surface area (Å²) >= 11 is 0. The van der Waals surface area contributed by atoms with Crippen LogP contribution in [0.15, 0.2) is 36.7 Å². The first kappa shape index (κ1) is 31.5. The van der Waals surface area contributed by atoms with Crippen molar-refractivity contribution in [3.05, 3.63) is 48.3 Å². The molecule has 230 valence electrons. The fraction of sp³-hybridized carbons (Fsp3) is 0.433. The van der Waals surface area contributed by atoms with E-state index < -0.39 is 41.1 Å². The van der Waals surface area contributed by atoms with Gasteiger partial charge in [-0.05, 0) is 50.4 Å². The van der Waals surface area contributed by atoms with Crippen molar-refractivity contribution in [3.8, 4) is 5.75 Å². The van der Waals surface area contributed by atoms with Gasteiger partial charge in [0.2, 0.25) is 17.7 Å². The van der Waals surface area contributed by atoms with Crippen LogP contribution in [0.4, 0.5) is 26.0 Å². The Balaban J connectivity index is 1.61. The summed E-state index contributed by atoms with van der Waals surface area (Å²) < 4.78 is 33.7. The molecule has 3 atom stereocenters. The summed E-state index contributed by atoms with van der Waals surface area (Å²) in [6.45, 7) is 7.62. The normalized spacial score (nSPS) is 16.5. The molecule has 3 aromatic rings. The number of carbonyl (C=O) groups excluding carboxylic acids is 3. The third kappa shape index (κ3) is 6.82. The first-order valence-corrected chi connectivity index (χ1v) is 14.0. The van der Waals surface area contributed by atoms with E-state index in [1.807, 2.05) is 20.8 Å². The maximum Gasteiger partial charge on any atom is 0.247 e. The van der Waals surface area contributed by atoms with Crippen molar-refractivity contribution in [2.24, 2.45) is 5.41 Å². The summed E-state index contributed by atoms with van der Waals surface area (Å²) in [4.78, 5) is 50.0. The zero-order valence-electron chi connectivity index (χ0n) is 25.0. The summed E-state index contributed by atoms with van der Waals surface area (Å²) in [5.41, 5.74) is -0.0245. The highest BCUT2D eigenvalue weighted by Crippen LogP contribution is 2.34. The van der Waals surface area contributed by atoms with Gasteiger partial charge in [0.25, 0.3) is 0 Å². The number of fused-ring (bicyclic) bond motifs is 1. The molecule has 13 heteroatoms. The fourth-order valence-corrected chi connectivity index (χ4v) is 4.91. The number of hydrogen-bond donors (Lipinski definition) is 4. The monoisotopic (exact) mass is 597 g/mol. The molecule has 0 saturated carbocycles. The van der Waals surface area contributed by atoms with E-state index in [4.69, 9.17) is 4.74 Å². The summed E-state index contributed by atoms with van der Waals surface area (Å²) in [5, 5.41) is 11.8. The summed E-state index contributed by atoms with van der Waals surface area (Å²) in [6.07, 6.45) is 2.31. The molecule has 0 bridgehead atoms. The van der Waals surface area contributed by atoms with Crippen LogP contribution in [0.2, 0.25) is 0 Å². The van der Waals surface area contributed by atoms with Gasteiger partial charge in [0.15, 0.2) is 11.6 Å². The van der Waals surface area contributed by atoms with Gasteiger partial charge in [0.05, 0.1) is 30.0 Å². The molecular formula is C30H37F2N7O4. The average Bonchev–Trinajstić information content (AvgIpc) is 3.47. The molecule has 0 aliphatic carbocycles. The van der Waals surface area contributed by atoms with Crippen LogP contribution in [-0.2, 0) is 14.4 Å². The van der Waals surface area contributed by atoms with Gasteiger partial charge in [-0.25, -0.2) is 18.7 Å². The number of hydrogen-bond acceptors (Lipinski definition) is 8. The number of methoxy groups -OCH3 is 1. The lowest BCUT2D eigenvalue weighted by atomic mass is 9.85. The number of halogens is 2. The van der Waals surface area contributed by atoms with Crippen LogP contribution in [0.1, 0.15) is 40.5 Å². The van der Waals surface area contributed by atoms with E-state index in [-0.39, 0.29) is 29.0 Å². The first-order valence-electron chi connectivity index (χ1n) is 14.0. The highest BCUT2D eigenvalue weighted by molar-refractivity contribution is 6.03. The van der Waals surface area contributed by atoms with Gasteiger partial charge in [0.1, 0.15) is 30.0 Å². The van der Waals surface area contributed by atoms with Gasteiger partial charge in [-0.2, -0.15) is 0 Å². The smallest absolute Gasteiger partial charge is 0.247 e. The largest absolute Gasteiger partial charge is 0.494 e. The van der Waals surface area contributed by atoms with E-state index in [9.17, 15) is 23.2 Å². The van der Waals surface area contributed by atoms with Crippen molar-refractivity contribution in [1.29, 1.82) is 0 Å². The Bertz CT molecular complexity index is 1530. The first-order chi connectivity index (χ1) is 20.3. The maximum atomic E-state index is 14.4. The molecule has 1 aromatic heterocycles. The predicted molar refractivity (Wildman–Crippen MR) is 159 cm³/mol. The second-order valence-electron chi connectivity index (χ2n) is 11.5. The molecule has 0 spiro atoms. The summed E-state index contributed by atoms with van der Waals surface area (Å²) in [7, 11) is 3.10. The Hall–Kier alpha value is -4.39. The van der Waals surface area contributed by atoms with Gasteiger partial charge in [-0.15, -0.1) is 0 Å². The molecule has 43 heavy (non-hydrogen) atoms. The number of anilines is 3. The third-order valence-corrected chi connectivity index (χ3v) is 7.48. The SMILES string of the molecule is CN[C@@H](C)C(=O)N[C@H](C(=O)N1CCCC1C(=O)Nc1cc2c(Nc3cccc(F)c3F)ncnc2cc1OC)C(C)(C)C. The van der Waals surface area contributed by atoms with Crippen LogP contribution in [0.5, 0.6) is 5.75 Å². The second-order valence-corrected chi connectivity index (χ2v) is 11.5. The van der Waals surface area contributed by atoms with E-state index in [1.165, 1.54) is 30.5 Å². The number of likely N-dealkylation sites (tertiary alicyclic amines) is 1. The van der Waals surface area contributed by atoms with Gasteiger partial charge in [0, 0.05) is 18.0 Å². The van der Waals surface area contributed by atoms with E-state index in [0.717, 1.165) is 6.07 Å². The molecule has 1 unspecified atom stereocenters. The molecule has 1 fully saturated rings. The number of likely N-dealkylation sites (N-methyl/N-ethyl adjacent to an activating group) is 1. The highest BCUT2D eigenvalue weighted by atomic mass is 19.2. The van der Waals surface area contributed by atoms with E-state index in [1.54, 1.807) is 26.1 Å². The lowest BCUT2D eigenvalue weighted by Crippen LogP contribution is -2.59. The van der Waals surface area contributed by atoms with Gasteiger partial charge in [-0.3, -0.25) is 14.4 Å². The Morgan fingerprint density at radius 2 is 1.86 bits per heavy atom. The van der Waals surface area contributed by atoms with Crippen molar-refractivity contribution in [2.75, 3.05) is 31.3 Å². The van der Waals surface area contributed by atoms with Crippen molar-refractivity contribution in [3.63, 3.8) is 0 Å². The molecule has 0 radical (unpaired) electrons. The molecular weight excluding hydrogens is 560 g/mol. The van der Waals surface area contributed by atoms with E-state index in [0.29, 0.717) is 36.0 Å². The number of aromatic nitrogens is 2. The Kier molecular flexibility index (Phi) is 9.43. The highest BCUT2D eigenvalue weighted by Gasteiger charge is 2.42. The molecule has 2 heterocycles. The molecule has 1 aliphatic heterocycles. The molecule has 1 saturated heterocycles. The minimum absolute atomic E-state index is 0.119. The van der Waals surface area contributed by atoms with Crippen LogP contribution in [0.3, 0.4) is 0 Å². The topological polar surface area (TPSA) is 138 Å². The number of ether oxygens (including phenoxy) is 1. The molecule has 2 aromatic carbocycles. The van der Waals surface area contributed by atoms with Crippen LogP contribution < -0.4 is 26.0 Å². The molecule has 11 nitrogen and oxygen atoms in total. The van der Waals surface area contributed by atoms with E-state index >= 15 is 0 Å². The van der Waals surface area contributed by atoms with E-state index in [2.05, 4.69) is 31.2 Å². The minimum atomic E-state index is -1.06. The zero-order chi connectivity index (χ0) is 31.5. The predicted octanol–water partition coefficient (Wildman–Crippen LogP) is 3.73. The number of nitrogens with zero attached hydrogens (tertiary/aromatic N) is 3. The molecule has 4 N–H and O–H groups in total. The van der Waals surface area contributed by atoms with Crippen LogP contribution >= 0.6 is 0 Å². The Labute approximate surface area is 248 Å². The van der Waals surface area contributed by atoms with Gasteiger partial charge < -0.3 is 30.9 Å². The molecule has 4 rings (SSSR count). The standard InChI is InChI=1S/C30H37F2N7O4/c1-16(33-5)27(40)38-25(30(2,3)4)29(42)39-12-8-11-22(39)28(41)37-21-13-17-20(14-23(21)43-6)34-15-35-26(17)36-19-10-7-9-18(31)24(19)32/h7,9-10,13-16,22,25,33H,8,11-12H2,1-6H3,(H,37,41)(H,38,40)(H,34,35,36)/t16-,22?,25+/m0/s1. The third-order valence-electron chi connectivity index (χ3n) is 7.48. The number of amides is 3. The molecule has 1 aliphatic rings. The fourth-order valence-electron chi connectivity index (χ4n) is 4.91. The van der Waals surface area contributed by atoms with Crippen molar-refractivity contribution < 1.29 is 27.9 Å². The lowest BCUT2D eigenvalue weighted by molar-refractivity contribution is -0.143. The number of rotatable bonds is 9. The summed E-state index contributed by atoms with van der Waals surface area (Å²) in [6, 6.07) is 4.76. The quantitative estimate of drug-likeness (QED) is 0.293. The number of benzene rings is 2. The Morgan fingerprint density at radius 1 is 1.12 bits per heavy atom. The van der Waals surface area contributed by atoms with Crippen LogP contribution in [-0.4, -0.2) is 71.4 Å². The minimum Gasteiger partial charge on any atom is -0.494 e.